The zero-order valence-corrected chi connectivity index (χ0v) is 9.74. The molecule has 0 fully saturated rings. The first kappa shape index (κ1) is 12.2. The molecule has 1 atom stereocenters. The van der Waals surface area contributed by atoms with Crippen LogP contribution < -0.4 is 5.09 Å². The molecule has 0 saturated heterocycles. The lowest BCUT2D eigenvalue weighted by Crippen LogP contribution is -2.10. The lowest BCUT2D eigenvalue weighted by molar-refractivity contribution is 0.331. The van der Waals surface area contributed by atoms with E-state index in [2.05, 4.69) is 11.7 Å². The van der Waals surface area contributed by atoms with Crippen LogP contribution in [0.15, 0.2) is 42.7 Å². The standard InChI is InChI=1S/C11H16NO2P/c1-3-14-15(13,4-2)12-10-11-8-6-5-7-9-11/h4-9H,2-3,10H2,1H3,(H,12,13). The summed E-state index contributed by atoms with van der Waals surface area (Å²) in [5.41, 5.74) is 1.07. The Kier molecular flexibility index (Phi) is 4.76. The minimum atomic E-state index is -2.85. The predicted octanol–water partition coefficient (Wildman–Crippen LogP) is 3.15. The van der Waals surface area contributed by atoms with Gasteiger partial charge in [-0.05, 0) is 12.5 Å². The van der Waals surface area contributed by atoms with E-state index < -0.39 is 7.52 Å². The third-order valence-electron chi connectivity index (χ3n) is 1.91. The Hall–Kier alpha value is -0.890. The van der Waals surface area contributed by atoms with Gasteiger partial charge in [-0.1, -0.05) is 36.9 Å². The molecule has 15 heavy (non-hydrogen) atoms. The number of benzene rings is 1. The fourth-order valence-electron chi connectivity index (χ4n) is 1.15. The molecule has 0 aliphatic carbocycles. The molecule has 0 amide bonds. The van der Waals surface area contributed by atoms with Crippen LogP contribution in [0.3, 0.4) is 0 Å². The van der Waals surface area contributed by atoms with Crippen molar-refractivity contribution in [3.05, 3.63) is 48.3 Å². The maximum Gasteiger partial charge on any atom is 0.292 e. The summed E-state index contributed by atoms with van der Waals surface area (Å²) in [7, 11) is -2.85. The third kappa shape index (κ3) is 4.00. The highest BCUT2D eigenvalue weighted by atomic mass is 31.2. The highest BCUT2D eigenvalue weighted by Gasteiger charge is 2.16. The van der Waals surface area contributed by atoms with Gasteiger partial charge in [0.2, 0.25) is 0 Å². The molecule has 0 bridgehead atoms. The van der Waals surface area contributed by atoms with E-state index in [9.17, 15) is 4.57 Å². The van der Waals surface area contributed by atoms with Gasteiger partial charge in [0.05, 0.1) is 6.61 Å². The highest BCUT2D eigenvalue weighted by Crippen LogP contribution is 2.43. The first-order chi connectivity index (χ1) is 7.20. The Bertz CT molecular complexity index is 351. The predicted molar refractivity (Wildman–Crippen MR) is 62.7 cm³/mol. The van der Waals surface area contributed by atoms with Gasteiger partial charge < -0.3 is 4.52 Å². The fourth-order valence-corrected chi connectivity index (χ4v) is 2.26. The molecule has 4 heteroatoms. The summed E-state index contributed by atoms with van der Waals surface area (Å²) < 4.78 is 17.0. The molecule has 0 saturated carbocycles. The van der Waals surface area contributed by atoms with E-state index in [1.165, 1.54) is 5.82 Å². The first-order valence-electron chi connectivity index (χ1n) is 4.87. The largest absolute Gasteiger partial charge is 0.315 e. The summed E-state index contributed by atoms with van der Waals surface area (Å²) in [6.07, 6.45) is 0. The van der Waals surface area contributed by atoms with E-state index in [0.717, 1.165) is 5.56 Å². The summed E-state index contributed by atoms with van der Waals surface area (Å²) in [4.78, 5) is 0. The summed E-state index contributed by atoms with van der Waals surface area (Å²) in [5.74, 6) is 1.35. The molecule has 82 valence electrons. The van der Waals surface area contributed by atoms with Crippen LogP contribution in [0.5, 0.6) is 0 Å². The highest BCUT2D eigenvalue weighted by molar-refractivity contribution is 7.60. The van der Waals surface area contributed by atoms with Crippen molar-refractivity contribution in [3.63, 3.8) is 0 Å². The number of hydrogen-bond donors (Lipinski definition) is 1. The van der Waals surface area contributed by atoms with Crippen molar-refractivity contribution < 1.29 is 9.09 Å². The summed E-state index contributed by atoms with van der Waals surface area (Å²) >= 11 is 0. The van der Waals surface area contributed by atoms with Crippen LogP contribution in [0.25, 0.3) is 0 Å². The van der Waals surface area contributed by atoms with Gasteiger partial charge in [0.25, 0.3) is 7.52 Å². The molecule has 1 aromatic rings. The summed E-state index contributed by atoms with van der Waals surface area (Å²) in [6.45, 7) is 6.24. The second-order valence-electron chi connectivity index (χ2n) is 3.02. The fraction of sp³-hybridized carbons (Fsp3) is 0.273. The van der Waals surface area contributed by atoms with E-state index in [4.69, 9.17) is 4.52 Å². The van der Waals surface area contributed by atoms with E-state index in [1.54, 1.807) is 6.92 Å². The van der Waals surface area contributed by atoms with Gasteiger partial charge in [0.15, 0.2) is 0 Å². The van der Waals surface area contributed by atoms with Crippen LogP contribution in [0.2, 0.25) is 0 Å². The topological polar surface area (TPSA) is 38.3 Å². The Morgan fingerprint density at radius 3 is 2.67 bits per heavy atom. The van der Waals surface area contributed by atoms with Gasteiger partial charge >= 0.3 is 0 Å². The zero-order chi connectivity index (χ0) is 11.1. The lowest BCUT2D eigenvalue weighted by atomic mass is 10.2. The molecular formula is C11H16NO2P. The van der Waals surface area contributed by atoms with Crippen molar-refractivity contribution in [3.8, 4) is 0 Å². The molecular weight excluding hydrogens is 209 g/mol. The minimum absolute atomic E-state index is 0.408. The van der Waals surface area contributed by atoms with Crippen molar-refractivity contribution in [2.24, 2.45) is 0 Å². The molecule has 0 aliphatic heterocycles. The average Bonchev–Trinajstić information content (AvgIpc) is 2.28. The second kappa shape index (κ2) is 5.86. The monoisotopic (exact) mass is 225 g/mol. The van der Waals surface area contributed by atoms with Crippen molar-refractivity contribution in [2.75, 3.05) is 6.61 Å². The molecule has 0 aromatic heterocycles. The lowest BCUT2D eigenvalue weighted by Gasteiger charge is -2.14. The Morgan fingerprint density at radius 2 is 2.13 bits per heavy atom. The van der Waals surface area contributed by atoms with Crippen molar-refractivity contribution in [1.29, 1.82) is 0 Å². The van der Waals surface area contributed by atoms with E-state index >= 15 is 0 Å². The smallest absolute Gasteiger partial charge is 0.292 e. The van der Waals surface area contributed by atoms with Crippen LogP contribution in [-0.2, 0) is 15.6 Å². The third-order valence-corrected chi connectivity index (χ3v) is 3.63. The van der Waals surface area contributed by atoms with Gasteiger partial charge in [-0.3, -0.25) is 4.57 Å². The molecule has 0 radical (unpaired) electrons. The molecule has 1 unspecified atom stereocenters. The van der Waals surface area contributed by atoms with Gasteiger partial charge in [0.1, 0.15) is 0 Å². The Labute approximate surface area is 90.7 Å². The number of rotatable bonds is 6. The number of hydrogen-bond acceptors (Lipinski definition) is 2. The van der Waals surface area contributed by atoms with Crippen LogP contribution >= 0.6 is 7.52 Å². The van der Waals surface area contributed by atoms with Crippen molar-refractivity contribution >= 4 is 7.52 Å². The molecule has 0 spiro atoms. The van der Waals surface area contributed by atoms with E-state index in [1.807, 2.05) is 30.3 Å². The molecule has 1 rings (SSSR count). The van der Waals surface area contributed by atoms with Crippen LogP contribution in [0, 0.1) is 0 Å². The Morgan fingerprint density at radius 1 is 1.47 bits per heavy atom. The van der Waals surface area contributed by atoms with Crippen LogP contribution in [0.1, 0.15) is 12.5 Å². The SMILES string of the molecule is C=CP(=O)(NCc1ccccc1)OCC. The summed E-state index contributed by atoms with van der Waals surface area (Å²) in [6, 6.07) is 9.75. The second-order valence-corrected chi connectivity index (χ2v) is 5.15. The molecule has 3 nitrogen and oxygen atoms in total. The maximum absolute atomic E-state index is 11.9. The van der Waals surface area contributed by atoms with E-state index in [0.29, 0.717) is 13.2 Å². The zero-order valence-electron chi connectivity index (χ0n) is 8.85. The van der Waals surface area contributed by atoms with Crippen LogP contribution in [0.4, 0.5) is 0 Å². The molecule has 1 N–H and O–H groups in total. The maximum atomic E-state index is 11.9. The molecule has 0 aliphatic rings. The average molecular weight is 225 g/mol. The van der Waals surface area contributed by atoms with Crippen molar-refractivity contribution in [2.45, 2.75) is 13.5 Å². The van der Waals surface area contributed by atoms with Crippen molar-refractivity contribution in [1.82, 2.24) is 5.09 Å². The Balaban J connectivity index is 2.55. The minimum Gasteiger partial charge on any atom is -0.315 e. The van der Waals surface area contributed by atoms with Gasteiger partial charge in [0, 0.05) is 12.4 Å². The normalized spacial score (nSPS) is 14.5. The van der Waals surface area contributed by atoms with Gasteiger partial charge in [-0.15, -0.1) is 0 Å². The molecule has 1 aromatic carbocycles. The molecule has 0 heterocycles. The summed E-state index contributed by atoms with van der Waals surface area (Å²) in [5, 5.41) is 2.88. The van der Waals surface area contributed by atoms with Gasteiger partial charge in [-0.25, -0.2) is 5.09 Å². The quantitative estimate of drug-likeness (QED) is 0.756. The van der Waals surface area contributed by atoms with E-state index in [-0.39, 0.29) is 0 Å². The number of nitrogens with one attached hydrogen (secondary N) is 1. The van der Waals surface area contributed by atoms with Crippen LogP contribution in [-0.4, -0.2) is 6.61 Å². The first-order valence-corrected chi connectivity index (χ1v) is 6.56. The van der Waals surface area contributed by atoms with Gasteiger partial charge in [-0.2, -0.15) is 0 Å².